The number of hydrogen-bond donors (Lipinski definition) is 0. The van der Waals surface area contributed by atoms with E-state index in [9.17, 15) is 0 Å². The molecule has 0 aliphatic heterocycles. The number of nitrogens with zero attached hydrogens (tertiary/aromatic N) is 1. The monoisotopic (exact) mass is 845 g/mol. The molecular formula is C62H39NOS. The highest BCUT2D eigenvalue weighted by molar-refractivity contribution is 7.26. The smallest absolute Gasteiger partial charge is 0.136 e. The van der Waals surface area contributed by atoms with Crippen LogP contribution in [0.4, 0.5) is 17.1 Å². The second kappa shape index (κ2) is 15.2. The Bertz CT molecular complexity index is 3920. The Kier molecular flexibility index (Phi) is 8.75. The van der Waals surface area contributed by atoms with Crippen molar-refractivity contribution in [1.82, 2.24) is 0 Å². The van der Waals surface area contributed by atoms with E-state index < -0.39 is 0 Å². The van der Waals surface area contributed by atoms with Crippen LogP contribution in [0.3, 0.4) is 0 Å². The molecule has 0 unspecified atom stereocenters. The van der Waals surface area contributed by atoms with Crippen LogP contribution in [0, 0.1) is 0 Å². The number of rotatable bonds is 7. The van der Waals surface area contributed by atoms with Crippen molar-refractivity contribution in [2.75, 3.05) is 4.90 Å². The van der Waals surface area contributed by atoms with Crippen LogP contribution in [0.2, 0.25) is 0 Å². The van der Waals surface area contributed by atoms with Crippen molar-refractivity contribution in [2.45, 2.75) is 0 Å². The van der Waals surface area contributed by atoms with Gasteiger partial charge in [-0.25, -0.2) is 0 Å². The van der Waals surface area contributed by atoms with Gasteiger partial charge in [-0.3, -0.25) is 0 Å². The summed E-state index contributed by atoms with van der Waals surface area (Å²) in [5.74, 6) is 0. The molecule has 0 N–H and O–H groups in total. The summed E-state index contributed by atoms with van der Waals surface area (Å²) in [6, 6.07) is 86.0. The Morgan fingerprint density at radius 1 is 0.323 bits per heavy atom. The van der Waals surface area contributed by atoms with Gasteiger partial charge in [0.15, 0.2) is 0 Å². The van der Waals surface area contributed by atoms with E-state index in [1.54, 1.807) is 0 Å². The predicted molar refractivity (Wildman–Crippen MR) is 278 cm³/mol. The summed E-state index contributed by atoms with van der Waals surface area (Å²) in [6.07, 6.45) is 0. The summed E-state index contributed by atoms with van der Waals surface area (Å²) in [6.45, 7) is 0. The lowest BCUT2D eigenvalue weighted by molar-refractivity contribution is 0.669. The lowest BCUT2D eigenvalue weighted by Crippen LogP contribution is -2.10. The minimum atomic E-state index is 0.868. The lowest BCUT2D eigenvalue weighted by atomic mass is 9.96. The molecule has 304 valence electrons. The van der Waals surface area contributed by atoms with Crippen LogP contribution < -0.4 is 4.90 Å². The molecule has 0 aliphatic rings. The van der Waals surface area contributed by atoms with Gasteiger partial charge in [-0.2, -0.15) is 0 Å². The second-order valence-corrected chi connectivity index (χ2v) is 17.9. The maximum absolute atomic E-state index is 6.59. The third-order valence-corrected chi connectivity index (χ3v) is 14.2. The summed E-state index contributed by atoms with van der Waals surface area (Å²) in [7, 11) is 0. The molecule has 0 fully saturated rings. The number of fused-ring (bicyclic) bond motifs is 9. The van der Waals surface area contributed by atoms with Gasteiger partial charge in [-0.15, -0.1) is 11.3 Å². The van der Waals surface area contributed by atoms with Crippen molar-refractivity contribution < 1.29 is 4.42 Å². The molecule has 0 bridgehead atoms. The van der Waals surface area contributed by atoms with Crippen LogP contribution in [0.5, 0.6) is 0 Å². The maximum Gasteiger partial charge on any atom is 0.136 e. The average molecular weight is 846 g/mol. The first-order valence-electron chi connectivity index (χ1n) is 22.1. The van der Waals surface area contributed by atoms with Crippen molar-refractivity contribution in [2.24, 2.45) is 0 Å². The molecule has 0 saturated heterocycles. The molecule has 0 radical (unpaired) electrons. The van der Waals surface area contributed by atoms with E-state index in [1.165, 1.54) is 80.7 Å². The van der Waals surface area contributed by atoms with Crippen LogP contribution in [0.25, 0.3) is 108 Å². The molecule has 13 rings (SSSR count). The SMILES string of the molecule is c1ccc(-c2ccc3c(c2)oc2ccc(N(c4ccc(-c5ccc6ccc7ccccc7c6c5)cc4)c4ccc(-c5ccccc5)c5sc6cc(-c7ccccc7)ccc6c45)cc23)cc1. The quantitative estimate of drug-likeness (QED) is 0.149. The largest absolute Gasteiger partial charge is 0.456 e. The number of thiophene rings is 1. The molecule has 0 aliphatic carbocycles. The summed E-state index contributed by atoms with van der Waals surface area (Å²) in [5.41, 5.74) is 14.6. The van der Waals surface area contributed by atoms with E-state index in [1.807, 2.05) is 11.3 Å². The zero-order valence-corrected chi connectivity index (χ0v) is 36.1. The molecule has 2 nitrogen and oxygen atoms in total. The van der Waals surface area contributed by atoms with Gasteiger partial charge in [-0.1, -0.05) is 176 Å². The van der Waals surface area contributed by atoms with Crippen LogP contribution >= 0.6 is 11.3 Å². The zero-order chi connectivity index (χ0) is 42.8. The fourth-order valence-electron chi connectivity index (χ4n) is 9.83. The van der Waals surface area contributed by atoms with Crippen molar-refractivity contribution in [1.29, 1.82) is 0 Å². The summed E-state index contributed by atoms with van der Waals surface area (Å²) >= 11 is 1.88. The summed E-state index contributed by atoms with van der Waals surface area (Å²) in [5, 5.41) is 9.70. The van der Waals surface area contributed by atoms with Gasteiger partial charge in [-0.05, 0) is 127 Å². The predicted octanol–water partition coefficient (Wildman–Crippen LogP) is 18.4. The molecule has 3 heteroatoms. The fourth-order valence-corrected chi connectivity index (χ4v) is 11.1. The summed E-state index contributed by atoms with van der Waals surface area (Å²) < 4.78 is 9.12. The zero-order valence-electron chi connectivity index (χ0n) is 35.3. The molecule has 2 heterocycles. The number of hydrogen-bond acceptors (Lipinski definition) is 3. The van der Waals surface area contributed by atoms with Crippen molar-refractivity contribution in [3.63, 3.8) is 0 Å². The van der Waals surface area contributed by atoms with Crippen molar-refractivity contribution in [3.05, 3.63) is 237 Å². The Hall–Kier alpha value is -8.24. The number of anilines is 3. The Labute approximate surface area is 380 Å². The first kappa shape index (κ1) is 37.3. The van der Waals surface area contributed by atoms with Crippen LogP contribution in [0.15, 0.2) is 241 Å². The van der Waals surface area contributed by atoms with Crippen LogP contribution in [-0.4, -0.2) is 0 Å². The molecule has 0 atom stereocenters. The van der Waals surface area contributed by atoms with Crippen molar-refractivity contribution >= 4 is 92.1 Å². The van der Waals surface area contributed by atoms with E-state index in [4.69, 9.17) is 4.42 Å². The highest BCUT2D eigenvalue weighted by Gasteiger charge is 2.23. The van der Waals surface area contributed by atoms with E-state index in [2.05, 4.69) is 241 Å². The number of furan rings is 1. The molecule has 65 heavy (non-hydrogen) atoms. The van der Waals surface area contributed by atoms with E-state index in [0.717, 1.165) is 44.6 Å². The van der Waals surface area contributed by atoms with Gasteiger partial charge in [0.1, 0.15) is 11.2 Å². The van der Waals surface area contributed by atoms with Gasteiger partial charge in [0.25, 0.3) is 0 Å². The number of benzene rings is 11. The third kappa shape index (κ3) is 6.39. The van der Waals surface area contributed by atoms with E-state index in [0.29, 0.717) is 0 Å². The van der Waals surface area contributed by atoms with E-state index in [-0.39, 0.29) is 0 Å². The van der Waals surface area contributed by atoms with Gasteiger partial charge in [0, 0.05) is 42.3 Å². The fraction of sp³-hybridized carbons (Fsp3) is 0. The third-order valence-electron chi connectivity index (χ3n) is 13.1. The van der Waals surface area contributed by atoms with Gasteiger partial charge in [0.05, 0.1) is 5.69 Å². The van der Waals surface area contributed by atoms with E-state index >= 15 is 0 Å². The normalized spacial score (nSPS) is 11.7. The lowest BCUT2D eigenvalue weighted by Gasteiger charge is -2.27. The Balaban J connectivity index is 1.02. The first-order chi connectivity index (χ1) is 32.2. The molecule has 13 aromatic rings. The topological polar surface area (TPSA) is 16.4 Å². The van der Waals surface area contributed by atoms with Gasteiger partial charge in [0.2, 0.25) is 0 Å². The Morgan fingerprint density at radius 3 is 1.65 bits per heavy atom. The highest BCUT2D eigenvalue weighted by Crippen LogP contribution is 2.50. The van der Waals surface area contributed by atoms with Crippen LogP contribution in [0.1, 0.15) is 0 Å². The summed E-state index contributed by atoms with van der Waals surface area (Å²) in [4.78, 5) is 2.45. The van der Waals surface area contributed by atoms with Crippen molar-refractivity contribution in [3.8, 4) is 44.5 Å². The second-order valence-electron chi connectivity index (χ2n) is 16.8. The first-order valence-corrected chi connectivity index (χ1v) is 23.0. The molecule has 0 saturated carbocycles. The minimum Gasteiger partial charge on any atom is -0.456 e. The Morgan fingerprint density at radius 2 is 0.892 bits per heavy atom. The molecule has 11 aromatic carbocycles. The maximum atomic E-state index is 6.59. The van der Waals surface area contributed by atoms with Gasteiger partial charge < -0.3 is 9.32 Å². The molecule has 0 spiro atoms. The minimum absolute atomic E-state index is 0.868. The molecule has 2 aromatic heterocycles. The standard InChI is InChI=1S/C62H39NOS/c1-4-12-40(13-5-1)47-26-31-53-56-39-50(30-35-58(56)64-59(53)37-47)63(49-28-24-42(25-29-49)46-23-22-45-21-20-44-18-10-11-19-51(44)55(45)36-46)57-34-33-52(43-16-8-3-9-17-43)62-61(57)54-32-27-48(38-60(54)65-62)41-14-6-2-7-15-41/h1-39H. The highest BCUT2D eigenvalue weighted by atomic mass is 32.1. The van der Waals surface area contributed by atoms with Gasteiger partial charge >= 0.3 is 0 Å². The molecule has 0 amide bonds. The molecular weight excluding hydrogens is 807 g/mol. The average Bonchev–Trinajstić information content (AvgIpc) is 3.95. The van der Waals surface area contributed by atoms with Crippen LogP contribution in [-0.2, 0) is 0 Å².